The van der Waals surface area contributed by atoms with Crippen LogP contribution in [0.15, 0.2) is 41.0 Å². The van der Waals surface area contributed by atoms with Gasteiger partial charge in [0.25, 0.3) is 5.91 Å². The number of hydrogen-bond donors (Lipinski definition) is 1. The number of benzene rings is 1. The lowest BCUT2D eigenvalue weighted by atomic mass is 10.2. The van der Waals surface area contributed by atoms with E-state index in [0.29, 0.717) is 23.3 Å². The van der Waals surface area contributed by atoms with Crippen LogP contribution in [0.25, 0.3) is 0 Å². The molecule has 1 heterocycles. The summed E-state index contributed by atoms with van der Waals surface area (Å²) in [5.41, 5.74) is 1.70. The van der Waals surface area contributed by atoms with Crippen LogP contribution < -0.4 is 5.32 Å². The average Bonchev–Trinajstić information content (AvgIpc) is 3.19. The quantitative estimate of drug-likeness (QED) is 0.879. The molecule has 3 rings (SSSR count). The highest BCUT2D eigenvalue weighted by Gasteiger charge is 2.27. The van der Waals surface area contributed by atoms with Gasteiger partial charge in [0.15, 0.2) is 0 Å². The van der Waals surface area contributed by atoms with Gasteiger partial charge in [-0.15, -0.1) is 0 Å². The first-order chi connectivity index (χ1) is 9.63. The molecule has 0 atom stereocenters. The maximum Gasteiger partial charge on any atom is 0.268 e. The van der Waals surface area contributed by atoms with E-state index in [1.807, 2.05) is 36.5 Å². The highest BCUT2D eigenvalue weighted by atomic mass is 79.9. The fraction of sp³-hybridized carbons (Fsp3) is 0.267. The number of amides is 1. The molecule has 1 saturated carbocycles. The summed E-state index contributed by atoms with van der Waals surface area (Å²) in [6.07, 6.45) is 4.28. The molecule has 2 aromatic rings. The van der Waals surface area contributed by atoms with Crippen molar-refractivity contribution in [3.8, 4) is 0 Å². The van der Waals surface area contributed by atoms with Gasteiger partial charge in [-0.2, -0.15) is 0 Å². The molecule has 1 aliphatic carbocycles. The number of nitrogens with zero attached hydrogens (tertiary/aromatic N) is 1. The Kier molecular flexibility index (Phi) is 3.85. The van der Waals surface area contributed by atoms with Gasteiger partial charge in [-0.1, -0.05) is 23.7 Å². The van der Waals surface area contributed by atoms with E-state index in [4.69, 9.17) is 11.6 Å². The highest BCUT2D eigenvalue weighted by Crippen LogP contribution is 2.37. The Morgan fingerprint density at radius 3 is 2.90 bits per heavy atom. The van der Waals surface area contributed by atoms with Crippen LogP contribution in [0.4, 0.5) is 0 Å². The van der Waals surface area contributed by atoms with Crippen molar-refractivity contribution in [3.63, 3.8) is 0 Å². The number of aromatic nitrogens is 1. The van der Waals surface area contributed by atoms with E-state index in [-0.39, 0.29) is 5.91 Å². The van der Waals surface area contributed by atoms with Crippen LogP contribution >= 0.6 is 27.5 Å². The van der Waals surface area contributed by atoms with E-state index >= 15 is 0 Å². The van der Waals surface area contributed by atoms with Crippen LogP contribution in [0.2, 0.25) is 5.02 Å². The zero-order valence-corrected chi connectivity index (χ0v) is 13.1. The molecule has 3 nitrogen and oxygen atoms in total. The Hall–Kier alpha value is -1.26. The van der Waals surface area contributed by atoms with Crippen molar-refractivity contribution in [3.05, 3.63) is 57.3 Å². The molecule has 0 aliphatic heterocycles. The first-order valence-electron chi connectivity index (χ1n) is 6.53. The van der Waals surface area contributed by atoms with Crippen molar-refractivity contribution in [2.75, 3.05) is 0 Å². The van der Waals surface area contributed by atoms with Crippen molar-refractivity contribution in [2.45, 2.75) is 25.4 Å². The number of carbonyl (C=O) groups excluding carboxylic acids is 1. The second kappa shape index (κ2) is 5.62. The third-order valence-corrected chi connectivity index (χ3v) is 4.00. The van der Waals surface area contributed by atoms with Gasteiger partial charge in [0.2, 0.25) is 0 Å². The molecule has 1 fully saturated rings. The summed E-state index contributed by atoms with van der Waals surface area (Å²) in [4.78, 5) is 12.3. The lowest BCUT2D eigenvalue weighted by Gasteiger charge is -2.09. The number of nitrogens with one attached hydrogen (secondary N) is 1. The molecule has 0 bridgehead atoms. The molecular weight excluding hydrogens is 340 g/mol. The van der Waals surface area contributed by atoms with Gasteiger partial charge in [0.1, 0.15) is 5.69 Å². The molecule has 1 amide bonds. The summed E-state index contributed by atoms with van der Waals surface area (Å²) in [7, 11) is 0. The van der Waals surface area contributed by atoms with E-state index in [2.05, 4.69) is 25.8 Å². The maximum absolute atomic E-state index is 12.3. The number of rotatable bonds is 4. The fourth-order valence-electron chi connectivity index (χ4n) is 2.20. The molecule has 0 radical (unpaired) electrons. The van der Waals surface area contributed by atoms with Crippen LogP contribution in [0, 0.1) is 0 Å². The topological polar surface area (TPSA) is 34.0 Å². The first-order valence-corrected chi connectivity index (χ1v) is 7.70. The standard InChI is InChI=1S/C15H14BrClN2O/c16-11-7-14(19(9-11)13-4-5-13)15(20)18-8-10-2-1-3-12(17)6-10/h1-3,6-7,9,13H,4-5,8H2,(H,18,20). The SMILES string of the molecule is O=C(NCc1cccc(Cl)c1)c1cc(Br)cn1C1CC1. The largest absolute Gasteiger partial charge is 0.347 e. The molecule has 1 N–H and O–H groups in total. The molecular formula is C15H14BrClN2O. The molecule has 104 valence electrons. The van der Waals surface area contributed by atoms with Crippen LogP contribution in [0.3, 0.4) is 0 Å². The molecule has 1 aromatic carbocycles. The lowest BCUT2D eigenvalue weighted by Crippen LogP contribution is -2.25. The molecule has 1 aromatic heterocycles. The van der Waals surface area contributed by atoms with E-state index in [1.165, 1.54) is 0 Å². The van der Waals surface area contributed by atoms with Crippen molar-refractivity contribution in [1.82, 2.24) is 9.88 Å². The Labute approximate surface area is 131 Å². The second-order valence-corrected chi connectivity index (χ2v) is 6.35. The van der Waals surface area contributed by atoms with Gasteiger partial charge in [-0.25, -0.2) is 0 Å². The van der Waals surface area contributed by atoms with Crippen molar-refractivity contribution in [1.29, 1.82) is 0 Å². The van der Waals surface area contributed by atoms with Gasteiger partial charge in [-0.3, -0.25) is 4.79 Å². The van der Waals surface area contributed by atoms with Crippen LogP contribution in [-0.4, -0.2) is 10.5 Å². The molecule has 0 spiro atoms. The summed E-state index contributed by atoms with van der Waals surface area (Å²) >= 11 is 9.37. The molecule has 5 heteroatoms. The Bertz CT molecular complexity index is 649. The number of carbonyl (C=O) groups is 1. The first kappa shape index (κ1) is 13.7. The molecule has 0 saturated heterocycles. The zero-order chi connectivity index (χ0) is 14.1. The molecule has 1 aliphatic rings. The van der Waals surface area contributed by atoms with Crippen molar-refractivity contribution >= 4 is 33.4 Å². The summed E-state index contributed by atoms with van der Waals surface area (Å²) in [6.45, 7) is 0.479. The van der Waals surface area contributed by atoms with Gasteiger partial charge in [-0.05, 0) is 52.5 Å². The van der Waals surface area contributed by atoms with E-state index in [0.717, 1.165) is 22.9 Å². The maximum atomic E-state index is 12.3. The van der Waals surface area contributed by atoms with Crippen LogP contribution in [0.1, 0.15) is 34.9 Å². The smallest absolute Gasteiger partial charge is 0.268 e. The van der Waals surface area contributed by atoms with Gasteiger partial charge < -0.3 is 9.88 Å². The Morgan fingerprint density at radius 2 is 2.20 bits per heavy atom. The minimum Gasteiger partial charge on any atom is -0.347 e. The van der Waals surface area contributed by atoms with E-state index < -0.39 is 0 Å². The molecule has 20 heavy (non-hydrogen) atoms. The average molecular weight is 354 g/mol. The van der Waals surface area contributed by atoms with Crippen LogP contribution in [-0.2, 0) is 6.54 Å². The van der Waals surface area contributed by atoms with E-state index in [1.54, 1.807) is 0 Å². The summed E-state index contributed by atoms with van der Waals surface area (Å²) in [5.74, 6) is -0.0532. The van der Waals surface area contributed by atoms with Gasteiger partial charge >= 0.3 is 0 Å². The fourth-order valence-corrected chi connectivity index (χ4v) is 2.85. The predicted molar refractivity (Wildman–Crippen MR) is 83.0 cm³/mol. The molecule has 0 unspecified atom stereocenters. The zero-order valence-electron chi connectivity index (χ0n) is 10.8. The minimum absolute atomic E-state index is 0.0532. The normalized spacial score (nSPS) is 14.3. The monoisotopic (exact) mass is 352 g/mol. The second-order valence-electron chi connectivity index (χ2n) is 4.99. The summed E-state index contributed by atoms with van der Waals surface area (Å²) in [6, 6.07) is 9.86. The van der Waals surface area contributed by atoms with Gasteiger partial charge in [0, 0.05) is 28.3 Å². The number of halogens is 2. The Morgan fingerprint density at radius 1 is 1.40 bits per heavy atom. The predicted octanol–water partition coefficient (Wildman–Crippen LogP) is 4.17. The van der Waals surface area contributed by atoms with Gasteiger partial charge in [0.05, 0.1) is 0 Å². The third kappa shape index (κ3) is 3.07. The van der Waals surface area contributed by atoms with E-state index in [9.17, 15) is 4.79 Å². The third-order valence-electron chi connectivity index (χ3n) is 3.33. The lowest BCUT2D eigenvalue weighted by molar-refractivity contribution is 0.0941. The highest BCUT2D eigenvalue weighted by molar-refractivity contribution is 9.10. The summed E-state index contributed by atoms with van der Waals surface area (Å²) in [5, 5.41) is 3.62. The van der Waals surface area contributed by atoms with Crippen molar-refractivity contribution < 1.29 is 4.79 Å². The minimum atomic E-state index is -0.0532. The Balaban J connectivity index is 1.70. The number of hydrogen-bond acceptors (Lipinski definition) is 1. The summed E-state index contributed by atoms with van der Waals surface area (Å²) < 4.78 is 2.99. The van der Waals surface area contributed by atoms with Crippen LogP contribution in [0.5, 0.6) is 0 Å². The van der Waals surface area contributed by atoms with Crippen molar-refractivity contribution in [2.24, 2.45) is 0 Å².